The second-order valence-corrected chi connectivity index (χ2v) is 8.18. The van der Waals surface area contributed by atoms with Gasteiger partial charge in [-0.05, 0) is 49.2 Å². The molecule has 126 valence electrons. The Bertz CT molecular complexity index is 917. The Kier molecular flexibility index (Phi) is 3.51. The van der Waals surface area contributed by atoms with Crippen LogP contribution in [0.15, 0.2) is 41.4 Å². The van der Waals surface area contributed by atoms with Crippen LogP contribution in [0.3, 0.4) is 0 Å². The molecule has 1 aromatic carbocycles. The monoisotopic (exact) mass is 345 g/mol. The van der Waals surface area contributed by atoms with E-state index in [9.17, 15) is 13.2 Å². The number of benzene rings is 1. The Balaban J connectivity index is 1.70. The number of rotatable bonds is 2. The summed E-state index contributed by atoms with van der Waals surface area (Å²) >= 11 is 0. The van der Waals surface area contributed by atoms with Crippen molar-refractivity contribution in [1.82, 2.24) is 8.87 Å². The van der Waals surface area contributed by atoms with E-state index in [1.54, 1.807) is 22.5 Å². The Morgan fingerprint density at radius 2 is 2.00 bits per heavy atom. The van der Waals surface area contributed by atoms with E-state index >= 15 is 0 Å². The molecule has 3 heterocycles. The molecule has 0 radical (unpaired) electrons. The van der Waals surface area contributed by atoms with Crippen LogP contribution in [0.4, 0.5) is 5.69 Å². The van der Waals surface area contributed by atoms with Crippen LogP contribution in [0.25, 0.3) is 0 Å². The van der Waals surface area contributed by atoms with Gasteiger partial charge in [0.25, 0.3) is 0 Å². The van der Waals surface area contributed by atoms with E-state index in [1.165, 1.54) is 0 Å². The maximum atomic E-state index is 13.1. The third-order valence-corrected chi connectivity index (χ3v) is 6.83. The van der Waals surface area contributed by atoms with E-state index in [-0.39, 0.29) is 11.9 Å². The maximum Gasteiger partial charge on any atom is 0.243 e. The van der Waals surface area contributed by atoms with Crippen molar-refractivity contribution in [1.29, 1.82) is 0 Å². The summed E-state index contributed by atoms with van der Waals surface area (Å²) in [6.45, 7) is 3.03. The van der Waals surface area contributed by atoms with Crippen LogP contribution in [-0.2, 0) is 27.8 Å². The van der Waals surface area contributed by atoms with Crippen LogP contribution >= 0.6 is 0 Å². The van der Waals surface area contributed by atoms with Crippen LogP contribution in [0.5, 0.6) is 0 Å². The van der Waals surface area contributed by atoms with Crippen molar-refractivity contribution in [3.63, 3.8) is 0 Å². The van der Waals surface area contributed by atoms with Gasteiger partial charge in [-0.2, -0.15) is 4.31 Å². The zero-order valence-corrected chi connectivity index (χ0v) is 14.2. The molecule has 0 aliphatic carbocycles. The molecule has 2 aliphatic rings. The van der Waals surface area contributed by atoms with E-state index in [4.69, 9.17) is 0 Å². The lowest BCUT2D eigenvalue weighted by Crippen LogP contribution is -2.40. The third-order valence-electron chi connectivity index (χ3n) is 4.86. The Morgan fingerprint density at radius 1 is 1.17 bits per heavy atom. The van der Waals surface area contributed by atoms with Crippen LogP contribution in [0.2, 0.25) is 0 Å². The first-order valence-corrected chi connectivity index (χ1v) is 9.50. The fraction of sp³-hybridized carbons (Fsp3) is 0.353. The number of aromatic nitrogens is 1. The highest BCUT2D eigenvalue weighted by Gasteiger charge is 2.34. The lowest BCUT2D eigenvalue weighted by Gasteiger charge is -2.34. The number of fused-ring (bicyclic) bond motifs is 2. The van der Waals surface area contributed by atoms with Gasteiger partial charge in [0.05, 0.1) is 10.9 Å². The molecule has 2 aromatic rings. The highest BCUT2D eigenvalue weighted by Crippen LogP contribution is 2.33. The van der Waals surface area contributed by atoms with Gasteiger partial charge in [-0.25, -0.2) is 8.42 Å². The Hall–Kier alpha value is -2.12. The van der Waals surface area contributed by atoms with E-state index in [0.29, 0.717) is 36.5 Å². The van der Waals surface area contributed by atoms with Crippen molar-refractivity contribution in [2.24, 2.45) is 0 Å². The van der Waals surface area contributed by atoms with Gasteiger partial charge in [0.1, 0.15) is 0 Å². The molecule has 4 rings (SSSR count). The molecule has 0 fully saturated rings. The van der Waals surface area contributed by atoms with Gasteiger partial charge in [0, 0.05) is 37.1 Å². The van der Waals surface area contributed by atoms with E-state index in [1.807, 2.05) is 25.3 Å². The quantitative estimate of drug-likeness (QED) is 0.906. The summed E-state index contributed by atoms with van der Waals surface area (Å²) < 4.78 is 29.9. The number of nitrogens with zero attached hydrogens (tertiary/aromatic N) is 2. The molecule has 1 N–H and O–H groups in total. The lowest BCUT2D eigenvalue weighted by molar-refractivity contribution is -0.116. The van der Waals surface area contributed by atoms with Crippen molar-refractivity contribution in [3.8, 4) is 0 Å². The molecule has 1 aromatic heterocycles. The Morgan fingerprint density at radius 3 is 2.83 bits per heavy atom. The average molecular weight is 345 g/mol. The summed E-state index contributed by atoms with van der Waals surface area (Å²) in [5.41, 5.74) is 2.60. The molecule has 1 atom stereocenters. The molecule has 7 heteroatoms. The van der Waals surface area contributed by atoms with Gasteiger partial charge in [-0.15, -0.1) is 0 Å². The summed E-state index contributed by atoms with van der Waals surface area (Å²) in [5, 5.41) is 2.79. The van der Waals surface area contributed by atoms with Crippen molar-refractivity contribution in [2.45, 2.75) is 37.2 Å². The average Bonchev–Trinajstić information content (AvgIpc) is 3.04. The first kappa shape index (κ1) is 15.4. The number of hydrogen-bond acceptors (Lipinski definition) is 3. The number of anilines is 1. The van der Waals surface area contributed by atoms with Gasteiger partial charge in [-0.1, -0.05) is 0 Å². The fourth-order valence-corrected chi connectivity index (χ4v) is 5.19. The first-order valence-electron chi connectivity index (χ1n) is 8.06. The number of amides is 1. The Labute approximate surface area is 141 Å². The second kappa shape index (κ2) is 5.46. The third kappa shape index (κ3) is 2.35. The van der Waals surface area contributed by atoms with E-state index < -0.39 is 10.0 Å². The normalized spacial score (nSPS) is 21.0. The van der Waals surface area contributed by atoms with Crippen molar-refractivity contribution in [2.75, 3.05) is 11.9 Å². The molecule has 6 nitrogen and oxygen atoms in total. The highest BCUT2D eigenvalue weighted by molar-refractivity contribution is 7.89. The standard InChI is InChI=1S/C17H19N3O3S/c1-12-16-3-2-8-19(16)9-10-20(12)24(22,23)14-5-6-15-13(11-14)4-7-17(21)18-15/h2-3,5-6,8,11-12H,4,7,9-10H2,1H3,(H,18,21)/t12-/m0/s1. The molecular formula is C17H19N3O3S. The molecule has 0 unspecified atom stereocenters. The summed E-state index contributed by atoms with van der Waals surface area (Å²) in [6, 6.07) is 8.69. The van der Waals surface area contributed by atoms with Crippen LogP contribution < -0.4 is 5.32 Å². The van der Waals surface area contributed by atoms with Gasteiger partial charge < -0.3 is 9.88 Å². The molecule has 0 bridgehead atoms. The number of sulfonamides is 1. The van der Waals surface area contributed by atoms with Crippen molar-refractivity contribution < 1.29 is 13.2 Å². The number of hydrogen-bond donors (Lipinski definition) is 1. The summed E-state index contributed by atoms with van der Waals surface area (Å²) in [5.74, 6) is -0.0245. The number of carbonyl (C=O) groups excluding carboxylic acids is 1. The molecule has 0 spiro atoms. The largest absolute Gasteiger partial charge is 0.349 e. The lowest BCUT2D eigenvalue weighted by atomic mass is 10.0. The second-order valence-electron chi connectivity index (χ2n) is 6.29. The minimum absolute atomic E-state index is 0.0245. The molecule has 0 saturated carbocycles. The zero-order chi connectivity index (χ0) is 16.9. The molecule has 0 saturated heterocycles. The molecule has 1 amide bonds. The summed E-state index contributed by atoms with van der Waals surface area (Å²) in [6.07, 6.45) is 2.95. The van der Waals surface area contributed by atoms with Gasteiger partial charge >= 0.3 is 0 Å². The van der Waals surface area contributed by atoms with Crippen LogP contribution in [0, 0.1) is 0 Å². The topological polar surface area (TPSA) is 71.4 Å². The van der Waals surface area contributed by atoms with Crippen LogP contribution in [0.1, 0.15) is 30.6 Å². The predicted octanol–water partition coefficient (Wildman–Crippen LogP) is 2.14. The number of nitrogens with one attached hydrogen (secondary N) is 1. The minimum Gasteiger partial charge on any atom is -0.349 e. The summed E-state index contributed by atoms with van der Waals surface area (Å²) in [4.78, 5) is 11.7. The smallest absolute Gasteiger partial charge is 0.243 e. The van der Waals surface area contributed by atoms with Gasteiger partial charge in [-0.3, -0.25) is 4.79 Å². The zero-order valence-electron chi connectivity index (χ0n) is 13.4. The van der Waals surface area contributed by atoms with Crippen molar-refractivity contribution >= 4 is 21.6 Å². The summed E-state index contributed by atoms with van der Waals surface area (Å²) in [7, 11) is -3.57. The van der Waals surface area contributed by atoms with Crippen molar-refractivity contribution in [3.05, 3.63) is 47.8 Å². The highest BCUT2D eigenvalue weighted by atomic mass is 32.2. The SMILES string of the molecule is C[C@H]1c2cccn2CCN1S(=O)(=O)c1ccc2c(c1)CCC(=O)N2. The van der Waals surface area contributed by atoms with Gasteiger partial charge in [0.15, 0.2) is 0 Å². The molecule has 24 heavy (non-hydrogen) atoms. The molecular weight excluding hydrogens is 326 g/mol. The van der Waals surface area contributed by atoms with Crippen LogP contribution in [-0.4, -0.2) is 29.7 Å². The minimum atomic E-state index is -3.57. The fourth-order valence-electron chi connectivity index (χ4n) is 3.54. The first-order chi connectivity index (χ1) is 11.5. The number of aryl methyl sites for hydroxylation is 1. The van der Waals surface area contributed by atoms with Gasteiger partial charge in [0.2, 0.25) is 15.9 Å². The van der Waals surface area contributed by atoms with E-state index in [2.05, 4.69) is 9.88 Å². The number of carbonyl (C=O) groups is 1. The molecule has 2 aliphatic heterocycles. The predicted molar refractivity (Wildman–Crippen MR) is 90.1 cm³/mol. The maximum absolute atomic E-state index is 13.1. The van der Waals surface area contributed by atoms with E-state index in [0.717, 1.165) is 11.3 Å².